The minimum atomic E-state index is -3.35. The molecule has 3 aromatic rings. The first-order chi connectivity index (χ1) is 18.7. The second kappa shape index (κ2) is 11.4. The summed E-state index contributed by atoms with van der Waals surface area (Å²) in [5.41, 5.74) is 1.28. The van der Waals surface area contributed by atoms with Crippen LogP contribution in [0.3, 0.4) is 0 Å². The van der Waals surface area contributed by atoms with E-state index in [1.807, 2.05) is 0 Å². The third-order valence-corrected chi connectivity index (χ3v) is 9.64. The van der Waals surface area contributed by atoms with E-state index in [2.05, 4.69) is 10.3 Å². The number of hydrogen-bond donors (Lipinski definition) is 2. The van der Waals surface area contributed by atoms with Crippen molar-refractivity contribution in [2.45, 2.75) is 55.0 Å². The Labute approximate surface area is 229 Å². The van der Waals surface area contributed by atoms with Gasteiger partial charge in [0, 0.05) is 13.2 Å². The van der Waals surface area contributed by atoms with E-state index in [-0.39, 0.29) is 21.8 Å². The van der Waals surface area contributed by atoms with Crippen molar-refractivity contribution in [2.24, 2.45) is 0 Å². The highest BCUT2D eigenvalue weighted by molar-refractivity contribution is 7.92. The maximum absolute atomic E-state index is 13.4. The fraction of sp³-hybridized carbons (Fsp3) is 0.370. The van der Waals surface area contributed by atoms with Gasteiger partial charge in [-0.15, -0.1) is 0 Å². The van der Waals surface area contributed by atoms with Crippen LogP contribution < -0.4 is 10.1 Å². The Morgan fingerprint density at radius 2 is 1.82 bits per heavy atom. The minimum Gasteiger partial charge on any atom is -0.478 e. The number of anilines is 1. The van der Waals surface area contributed by atoms with Gasteiger partial charge in [-0.2, -0.15) is 0 Å². The highest BCUT2D eigenvalue weighted by Crippen LogP contribution is 2.35. The molecule has 0 spiro atoms. The van der Waals surface area contributed by atoms with E-state index in [0.717, 1.165) is 11.3 Å². The number of carboxylic acids is 1. The first-order valence-electron chi connectivity index (χ1n) is 12.6. The lowest BCUT2D eigenvalue weighted by Gasteiger charge is -2.27. The molecule has 2 heterocycles. The van der Waals surface area contributed by atoms with Gasteiger partial charge in [-0.05, 0) is 74.1 Å². The van der Waals surface area contributed by atoms with Crippen molar-refractivity contribution in [3.63, 3.8) is 0 Å². The van der Waals surface area contributed by atoms with Crippen LogP contribution in [-0.4, -0.2) is 55.0 Å². The Balaban J connectivity index is 1.31. The SMILES string of the molecule is Cc1cc(Oc2cnc(NC(=O)C(OC3CCOCC3)c3ccc(S(=O)(=O)C4CC4)cc3)s2)ccc1C(=O)O. The number of nitrogens with one attached hydrogen (secondary N) is 1. The summed E-state index contributed by atoms with van der Waals surface area (Å²) >= 11 is 1.11. The Bertz CT molecular complexity index is 1460. The Morgan fingerprint density at radius 1 is 1.10 bits per heavy atom. The van der Waals surface area contributed by atoms with Gasteiger partial charge in [-0.1, -0.05) is 23.5 Å². The molecule has 2 aromatic carbocycles. The maximum Gasteiger partial charge on any atom is 0.335 e. The van der Waals surface area contributed by atoms with Crippen LogP contribution in [0.4, 0.5) is 5.13 Å². The van der Waals surface area contributed by atoms with E-state index < -0.39 is 27.8 Å². The third kappa shape index (κ3) is 6.47. The molecule has 1 aromatic heterocycles. The van der Waals surface area contributed by atoms with E-state index in [9.17, 15) is 23.1 Å². The zero-order chi connectivity index (χ0) is 27.6. The number of benzene rings is 2. The molecule has 1 saturated heterocycles. The fourth-order valence-electron chi connectivity index (χ4n) is 4.29. The van der Waals surface area contributed by atoms with Gasteiger partial charge in [-0.25, -0.2) is 18.2 Å². The standard InChI is InChI=1S/C27H28N2O8S2/c1-16-14-19(4-9-22(16)26(31)32)36-23-15-28-27(38-23)29-25(30)24(37-18-10-12-35-13-11-18)17-2-5-20(6-3-17)39(33,34)21-7-8-21/h2-6,9,14-15,18,21,24H,7-8,10-13H2,1H3,(H,31,32)(H,28,29,30). The molecular formula is C27H28N2O8S2. The fourth-order valence-corrected chi connectivity index (χ4v) is 6.64. The van der Waals surface area contributed by atoms with Crippen LogP contribution in [0.15, 0.2) is 53.6 Å². The van der Waals surface area contributed by atoms with Crippen molar-refractivity contribution in [3.05, 3.63) is 65.4 Å². The van der Waals surface area contributed by atoms with Gasteiger partial charge >= 0.3 is 5.97 Å². The molecule has 1 unspecified atom stereocenters. The van der Waals surface area contributed by atoms with Gasteiger partial charge in [0.15, 0.2) is 21.1 Å². The summed E-state index contributed by atoms with van der Waals surface area (Å²) < 4.78 is 42.6. The van der Waals surface area contributed by atoms with E-state index in [4.69, 9.17) is 14.2 Å². The number of amides is 1. The number of thiazole rings is 1. The monoisotopic (exact) mass is 572 g/mol. The Hall–Kier alpha value is -3.32. The van der Waals surface area contributed by atoms with Gasteiger partial charge in [0.2, 0.25) is 5.06 Å². The molecule has 206 valence electrons. The van der Waals surface area contributed by atoms with Crippen LogP contribution >= 0.6 is 11.3 Å². The lowest BCUT2D eigenvalue weighted by molar-refractivity contribution is -0.136. The first kappa shape index (κ1) is 27.3. The molecule has 39 heavy (non-hydrogen) atoms. The lowest BCUT2D eigenvalue weighted by Crippen LogP contribution is -2.31. The van der Waals surface area contributed by atoms with Crippen molar-refractivity contribution < 1.29 is 37.3 Å². The molecule has 2 fully saturated rings. The topological polar surface area (TPSA) is 141 Å². The number of ether oxygens (including phenoxy) is 3. The smallest absolute Gasteiger partial charge is 0.335 e. The Morgan fingerprint density at radius 3 is 2.46 bits per heavy atom. The quantitative estimate of drug-likeness (QED) is 0.352. The molecule has 0 bridgehead atoms. The molecule has 1 atom stereocenters. The number of carbonyl (C=O) groups excluding carboxylic acids is 1. The molecule has 1 amide bonds. The van der Waals surface area contributed by atoms with Gasteiger partial charge in [0.25, 0.3) is 5.91 Å². The van der Waals surface area contributed by atoms with Crippen LogP contribution in [0.5, 0.6) is 10.8 Å². The molecule has 2 N–H and O–H groups in total. The summed E-state index contributed by atoms with van der Waals surface area (Å²) in [6.07, 6.45) is 2.94. The maximum atomic E-state index is 13.4. The number of aromatic carboxylic acids is 1. The summed E-state index contributed by atoms with van der Waals surface area (Å²) in [5, 5.41) is 12.4. The van der Waals surface area contributed by atoms with E-state index >= 15 is 0 Å². The average Bonchev–Trinajstić information content (AvgIpc) is 3.70. The number of nitrogens with zero attached hydrogens (tertiary/aromatic N) is 1. The summed E-state index contributed by atoms with van der Waals surface area (Å²) in [6.45, 7) is 2.76. The highest BCUT2D eigenvalue weighted by Gasteiger charge is 2.37. The zero-order valence-corrected chi connectivity index (χ0v) is 22.8. The van der Waals surface area contributed by atoms with Crippen LogP contribution in [0.2, 0.25) is 0 Å². The van der Waals surface area contributed by atoms with Crippen molar-refractivity contribution in [1.82, 2.24) is 4.98 Å². The first-order valence-corrected chi connectivity index (χ1v) is 14.9. The van der Waals surface area contributed by atoms with Gasteiger partial charge in [0.1, 0.15) is 5.75 Å². The van der Waals surface area contributed by atoms with Crippen LogP contribution in [0, 0.1) is 6.92 Å². The van der Waals surface area contributed by atoms with Gasteiger partial charge < -0.3 is 19.3 Å². The van der Waals surface area contributed by atoms with Crippen molar-refractivity contribution >= 4 is 38.2 Å². The molecule has 0 radical (unpaired) electrons. The predicted molar refractivity (Wildman–Crippen MR) is 143 cm³/mol. The number of hydrogen-bond acceptors (Lipinski definition) is 9. The van der Waals surface area contributed by atoms with Crippen LogP contribution in [0.1, 0.15) is 53.3 Å². The number of rotatable bonds is 10. The molecule has 12 heteroatoms. The van der Waals surface area contributed by atoms with E-state index in [0.29, 0.717) is 66.0 Å². The number of carboxylic acid groups (broad SMARTS) is 1. The van der Waals surface area contributed by atoms with Gasteiger partial charge in [0.05, 0.1) is 28.0 Å². The van der Waals surface area contributed by atoms with Crippen molar-refractivity contribution in [1.29, 1.82) is 0 Å². The van der Waals surface area contributed by atoms with Gasteiger partial charge in [-0.3, -0.25) is 10.1 Å². The largest absolute Gasteiger partial charge is 0.478 e. The van der Waals surface area contributed by atoms with E-state index in [1.54, 1.807) is 31.2 Å². The summed E-state index contributed by atoms with van der Waals surface area (Å²) in [6, 6.07) is 10.9. The molecule has 2 aliphatic rings. The minimum absolute atomic E-state index is 0.184. The van der Waals surface area contributed by atoms with Crippen LogP contribution in [0.25, 0.3) is 0 Å². The predicted octanol–water partition coefficient (Wildman–Crippen LogP) is 4.75. The summed E-state index contributed by atoms with van der Waals surface area (Å²) in [5.74, 6) is -1.01. The third-order valence-electron chi connectivity index (χ3n) is 6.57. The molecular weight excluding hydrogens is 544 g/mol. The highest BCUT2D eigenvalue weighted by atomic mass is 32.2. The average molecular weight is 573 g/mol. The van der Waals surface area contributed by atoms with Crippen molar-refractivity contribution in [3.8, 4) is 10.8 Å². The molecule has 1 aliphatic carbocycles. The number of carbonyl (C=O) groups is 2. The van der Waals surface area contributed by atoms with Crippen molar-refractivity contribution in [2.75, 3.05) is 18.5 Å². The molecule has 1 saturated carbocycles. The van der Waals surface area contributed by atoms with E-state index in [1.165, 1.54) is 24.4 Å². The molecule has 1 aliphatic heterocycles. The summed E-state index contributed by atoms with van der Waals surface area (Å²) in [4.78, 5) is 29.1. The summed E-state index contributed by atoms with van der Waals surface area (Å²) in [7, 11) is -3.35. The zero-order valence-electron chi connectivity index (χ0n) is 21.2. The number of aryl methyl sites for hydroxylation is 1. The molecule has 5 rings (SSSR count). The second-order valence-electron chi connectivity index (χ2n) is 9.50. The number of aromatic nitrogens is 1. The molecule has 10 nitrogen and oxygen atoms in total. The normalized spacial score (nSPS) is 16.9. The second-order valence-corrected chi connectivity index (χ2v) is 12.7. The Kier molecular flexibility index (Phi) is 7.98. The number of sulfone groups is 1. The van der Waals surface area contributed by atoms with Crippen LogP contribution in [-0.2, 0) is 24.1 Å². The lowest BCUT2D eigenvalue weighted by atomic mass is 10.1.